The first-order valence-corrected chi connectivity index (χ1v) is 11.4. The second kappa shape index (κ2) is 9.88. The van der Waals surface area contributed by atoms with E-state index >= 15 is 0 Å². The second-order valence-electron chi connectivity index (χ2n) is 9.24. The van der Waals surface area contributed by atoms with Gasteiger partial charge in [0, 0.05) is 13.1 Å². The number of hydrogen-bond acceptors (Lipinski definition) is 4. The van der Waals surface area contributed by atoms with E-state index in [2.05, 4.69) is 37.0 Å². The van der Waals surface area contributed by atoms with Crippen molar-refractivity contribution in [1.82, 2.24) is 4.90 Å². The highest BCUT2D eigenvalue weighted by molar-refractivity contribution is 5.42. The van der Waals surface area contributed by atoms with Crippen molar-refractivity contribution in [2.75, 3.05) is 13.1 Å². The van der Waals surface area contributed by atoms with Crippen molar-refractivity contribution in [1.29, 1.82) is 15.8 Å². The van der Waals surface area contributed by atoms with E-state index in [0.717, 1.165) is 29.8 Å². The molecular weight excluding hydrogens is 423 g/mol. The third-order valence-electron chi connectivity index (χ3n) is 6.65. The Morgan fingerprint density at radius 1 is 0.765 bits per heavy atom. The molecule has 2 atom stereocenters. The third-order valence-corrected chi connectivity index (χ3v) is 6.65. The summed E-state index contributed by atoms with van der Waals surface area (Å²) in [6.07, 6.45) is 0. The molecule has 34 heavy (non-hydrogen) atoms. The zero-order valence-corrected chi connectivity index (χ0v) is 19.2. The van der Waals surface area contributed by atoms with Crippen molar-refractivity contribution in [3.05, 3.63) is 106 Å². The van der Waals surface area contributed by atoms with E-state index in [1.54, 1.807) is 12.1 Å². The van der Waals surface area contributed by atoms with Crippen LogP contribution < -0.4 is 0 Å². The minimum Gasteiger partial charge on any atom is -0.292 e. The van der Waals surface area contributed by atoms with Crippen LogP contribution in [0.15, 0.2) is 66.7 Å². The quantitative estimate of drug-likeness (QED) is 0.470. The predicted molar refractivity (Wildman–Crippen MR) is 128 cm³/mol. The average molecular weight is 449 g/mol. The summed E-state index contributed by atoms with van der Waals surface area (Å²) in [6, 6.07) is 26.3. The van der Waals surface area contributed by atoms with Crippen molar-refractivity contribution < 1.29 is 4.39 Å². The molecule has 1 saturated heterocycles. The van der Waals surface area contributed by atoms with Crippen molar-refractivity contribution in [3.63, 3.8) is 0 Å². The number of likely N-dealkylation sites (tertiary alicyclic amines) is 1. The molecule has 3 aromatic carbocycles. The zero-order chi connectivity index (χ0) is 24.2. The zero-order valence-electron chi connectivity index (χ0n) is 19.2. The van der Waals surface area contributed by atoms with Crippen molar-refractivity contribution in [2.24, 2.45) is 11.8 Å². The molecule has 0 amide bonds. The van der Waals surface area contributed by atoms with Gasteiger partial charge in [-0.25, -0.2) is 4.39 Å². The Morgan fingerprint density at radius 2 is 1.41 bits per heavy atom. The molecule has 0 radical (unpaired) electrons. The lowest BCUT2D eigenvalue weighted by Crippen LogP contribution is -2.51. The monoisotopic (exact) mass is 448 g/mol. The van der Waals surface area contributed by atoms with Gasteiger partial charge in [0.1, 0.15) is 5.82 Å². The third kappa shape index (κ3) is 4.69. The van der Waals surface area contributed by atoms with Gasteiger partial charge in [-0.05, 0) is 76.9 Å². The standard InChI is InChI=1S/C29H25FN4/c1-19(2)28(25-11-22(16-33)12-27(30)13-25)26-17-34(18-26)29(23-8-6-20(14-31)7-9-23)24-5-3-4-21(10-24)15-32/h3-13,19,26,28-29H,17-18H2,1-2H3/t28-,29?/m1/s1. The molecule has 1 aliphatic heterocycles. The van der Waals surface area contributed by atoms with Crippen LogP contribution >= 0.6 is 0 Å². The lowest BCUT2D eigenvalue weighted by Gasteiger charge is -2.49. The van der Waals surface area contributed by atoms with Gasteiger partial charge in [0.05, 0.1) is 40.9 Å². The molecule has 0 saturated carbocycles. The van der Waals surface area contributed by atoms with E-state index in [1.807, 2.05) is 48.5 Å². The van der Waals surface area contributed by atoms with Gasteiger partial charge in [-0.15, -0.1) is 0 Å². The number of rotatable bonds is 6. The summed E-state index contributed by atoms with van der Waals surface area (Å²) in [5.74, 6) is 0.356. The molecule has 1 unspecified atom stereocenters. The van der Waals surface area contributed by atoms with Gasteiger partial charge in [0.2, 0.25) is 0 Å². The summed E-state index contributed by atoms with van der Waals surface area (Å²) in [6.45, 7) is 5.89. The van der Waals surface area contributed by atoms with Gasteiger partial charge in [-0.1, -0.05) is 38.1 Å². The van der Waals surface area contributed by atoms with Crippen LogP contribution in [0.3, 0.4) is 0 Å². The highest BCUT2D eigenvalue weighted by Crippen LogP contribution is 2.43. The van der Waals surface area contributed by atoms with E-state index < -0.39 is 0 Å². The Labute approximate surface area is 200 Å². The number of hydrogen-bond donors (Lipinski definition) is 0. The molecular formula is C29H25FN4. The van der Waals surface area contributed by atoms with Gasteiger partial charge in [-0.3, -0.25) is 4.90 Å². The molecule has 0 spiro atoms. The normalized spacial score (nSPS) is 15.6. The Kier molecular flexibility index (Phi) is 6.74. The Balaban J connectivity index is 1.64. The van der Waals surface area contributed by atoms with Crippen molar-refractivity contribution >= 4 is 0 Å². The molecule has 168 valence electrons. The van der Waals surface area contributed by atoms with E-state index in [4.69, 9.17) is 0 Å². The van der Waals surface area contributed by atoms with Gasteiger partial charge >= 0.3 is 0 Å². The summed E-state index contributed by atoms with van der Waals surface area (Å²) in [4.78, 5) is 2.36. The molecule has 5 heteroatoms. The Morgan fingerprint density at radius 3 is 2.03 bits per heavy atom. The molecule has 4 nitrogen and oxygen atoms in total. The summed E-state index contributed by atoms with van der Waals surface area (Å²) >= 11 is 0. The van der Waals surface area contributed by atoms with Crippen LogP contribution in [0, 0.1) is 51.6 Å². The largest absolute Gasteiger partial charge is 0.292 e. The van der Waals surface area contributed by atoms with Crippen molar-refractivity contribution in [3.8, 4) is 18.2 Å². The maximum Gasteiger partial charge on any atom is 0.124 e. The topological polar surface area (TPSA) is 74.6 Å². The van der Waals surface area contributed by atoms with E-state index in [-0.39, 0.29) is 23.7 Å². The number of benzene rings is 3. The van der Waals surface area contributed by atoms with Crippen molar-refractivity contribution in [2.45, 2.75) is 25.8 Å². The number of halogens is 1. The molecule has 3 aromatic rings. The van der Waals surface area contributed by atoms with Gasteiger partial charge in [0.15, 0.2) is 0 Å². The molecule has 0 aromatic heterocycles. The average Bonchev–Trinajstić information content (AvgIpc) is 2.82. The van der Waals surface area contributed by atoms with Gasteiger partial charge in [-0.2, -0.15) is 15.8 Å². The van der Waals surface area contributed by atoms with Crippen LogP contribution in [0.2, 0.25) is 0 Å². The summed E-state index contributed by atoms with van der Waals surface area (Å²) in [5.41, 5.74) is 4.52. The van der Waals surface area contributed by atoms with Crippen LogP contribution in [0.4, 0.5) is 4.39 Å². The molecule has 0 aliphatic carbocycles. The fourth-order valence-corrected chi connectivity index (χ4v) is 5.19. The lowest BCUT2D eigenvalue weighted by atomic mass is 9.73. The highest BCUT2D eigenvalue weighted by atomic mass is 19.1. The summed E-state index contributed by atoms with van der Waals surface area (Å²) in [5, 5.41) is 27.9. The molecule has 0 N–H and O–H groups in total. The Hall–Kier alpha value is -3.98. The lowest BCUT2D eigenvalue weighted by molar-refractivity contribution is 0.0411. The number of nitrogens with zero attached hydrogens (tertiary/aromatic N) is 4. The first-order valence-electron chi connectivity index (χ1n) is 11.4. The maximum absolute atomic E-state index is 14.2. The fraction of sp³-hybridized carbons (Fsp3) is 0.276. The molecule has 4 rings (SSSR count). The summed E-state index contributed by atoms with van der Waals surface area (Å²) < 4.78 is 14.2. The maximum atomic E-state index is 14.2. The van der Waals surface area contributed by atoms with E-state index in [9.17, 15) is 20.2 Å². The Bertz CT molecular complexity index is 1300. The van der Waals surface area contributed by atoms with Gasteiger partial charge < -0.3 is 0 Å². The van der Waals surface area contributed by atoms with Crippen LogP contribution in [0.5, 0.6) is 0 Å². The first kappa shape index (κ1) is 23.2. The molecule has 1 fully saturated rings. The minimum absolute atomic E-state index is 0.0488. The van der Waals surface area contributed by atoms with Crippen LogP contribution in [0.1, 0.15) is 59.2 Å². The van der Waals surface area contributed by atoms with Crippen LogP contribution in [-0.2, 0) is 0 Å². The highest BCUT2D eigenvalue weighted by Gasteiger charge is 2.40. The molecule has 1 heterocycles. The predicted octanol–water partition coefficient (Wildman–Crippen LogP) is 5.90. The molecule has 1 aliphatic rings. The SMILES string of the molecule is CC(C)[C@H](c1cc(F)cc(C#N)c1)C1CN(C(c2ccc(C#N)cc2)c2cccc(C#N)c2)C1. The fourth-order valence-electron chi connectivity index (χ4n) is 5.19. The summed E-state index contributed by atoms with van der Waals surface area (Å²) in [7, 11) is 0. The smallest absolute Gasteiger partial charge is 0.124 e. The van der Waals surface area contributed by atoms with Crippen LogP contribution in [0.25, 0.3) is 0 Å². The first-order chi connectivity index (χ1) is 16.4. The van der Waals surface area contributed by atoms with E-state index in [1.165, 1.54) is 6.07 Å². The van der Waals surface area contributed by atoms with Crippen LogP contribution in [-0.4, -0.2) is 18.0 Å². The number of nitriles is 3. The molecule has 0 bridgehead atoms. The van der Waals surface area contributed by atoms with E-state index in [0.29, 0.717) is 22.6 Å². The minimum atomic E-state index is -0.375. The second-order valence-corrected chi connectivity index (χ2v) is 9.24. The van der Waals surface area contributed by atoms with Gasteiger partial charge in [0.25, 0.3) is 0 Å².